The van der Waals surface area contributed by atoms with E-state index in [1.54, 1.807) is 0 Å². The van der Waals surface area contributed by atoms with Gasteiger partial charge in [0.25, 0.3) is 0 Å². The first-order valence-electron chi connectivity index (χ1n) is 6.34. The number of aryl methyl sites for hydroxylation is 2. The standard InChI is InChI=1S/C15H17NO3/c1-4-6-12-13(15(17)18)19-14(16-12)11-8-5-7-9(2)10(11)3/h5,7-8H,4,6H2,1-3H3,(H,17,18). The molecule has 0 amide bonds. The van der Waals surface area contributed by atoms with Gasteiger partial charge >= 0.3 is 5.97 Å². The second kappa shape index (κ2) is 5.26. The number of carbonyl (C=O) groups is 1. The second-order valence-corrected chi connectivity index (χ2v) is 4.60. The Labute approximate surface area is 112 Å². The van der Waals surface area contributed by atoms with Gasteiger partial charge in [0.05, 0.1) is 5.69 Å². The van der Waals surface area contributed by atoms with Crippen LogP contribution >= 0.6 is 0 Å². The summed E-state index contributed by atoms with van der Waals surface area (Å²) >= 11 is 0. The highest BCUT2D eigenvalue weighted by molar-refractivity contribution is 5.86. The van der Waals surface area contributed by atoms with E-state index < -0.39 is 5.97 Å². The fraction of sp³-hybridized carbons (Fsp3) is 0.333. The minimum absolute atomic E-state index is 0.0437. The lowest BCUT2D eigenvalue weighted by Crippen LogP contribution is -1.99. The van der Waals surface area contributed by atoms with Crippen molar-refractivity contribution < 1.29 is 14.3 Å². The number of carboxylic acids is 1. The van der Waals surface area contributed by atoms with E-state index in [9.17, 15) is 4.79 Å². The molecule has 0 saturated heterocycles. The van der Waals surface area contributed by atoms with Gasteiger partial charge in [-0.3, -0.25) is 0 Å². The summed E-state index contributed by atoms with van der Waals surface area (Å²) in [5, 5.41) is 9.14. The molecule has 0 bridgehead atoms. The van der Waals surface area contributed by atoms with Gasteiger partial charge in [-0.25, -0.2) is 9.78 Å². The van der Waals surface area contributed by atoms with Crippen molar-refractivity contribution >= 4 is 5.97 Å². The first-order valence-corrected chi connectivity index (χ1v) is 6.34. The number of oxazole rings is 1. The zero-order valence-corrected chi connectivity index (χ0v) is 11.4. The molecule has 4 nitrogen and oxygen atoms in total. The third-order valence-electron chi connectivity index (χ3n) is 3.21. The molecule has 0 aliphatic heterocycles. The van der Waals surface area contributed by atoms with E-state index in [0.29, 0.717) is 18.0 Å². The molecule has 4 heteroatoms. The Kier molecular flexibility index (Phi) is 3.69. The molecule has 0 aliphatic carbocycles. The molecule has 2 rings (SSSR count). The number of rotatable bonds is 4. The van der Waals surface area contributed by atoms with Gasteiger partial charge in [-0.05, 0) is 37.5 Å². The first kappa shape index (κ1) is 13.3. The van der Waals surface area contributed by atoms with E-state index in [1.165, 1.54) is 0 Å². The van der Waals surface area contributed by atoms with Crippen LogP contribution < -0.4 is 0 Å². The van der Waals surface area contributed by atoms with Crippen LogP contribution in [0.2, 0.25) is 0 Å². The van der Waals surface area contributed by atoms with Crippen LogP contribution in [0.1, 0.15) is 40.7 Å². The molecule has 19 heavy (non-hydrogen) atoms. The number of aromatic carboxylic acids is 1. The molecule has 0 radical (unpaired) electrons. The predicted molar refractivity (Wildman–Crippen MR) is 72.4 cm³/mol. The van der Waals surface area contributed by atoms with E-state index in [4.69, 9.17) is 9.52 Å². The summed E-state index contributed by atoms with van der Waals surface area (Å²) in [5.74, 6) is -0.715. The Morgan fingerprint density at radius 1 is 1.37 bits per heavy atom. The average Bonchev–Trinajstić information content (AvgIpc) is 2.77. The molecule has 2 aromatic rings. The molecule has 1 aromatic heterocycles. The molecule has 0 aliphatic rings. The van der Waals surface area contributed by atoms with E-state index in [-0.39, 0.29) is 5.76 Å². The van der Waals surface area contributed by atoms with Crippen LogP contribution in [0.15, 0.2) is 22.6 Å². The number of benzene rings is 1. The minimum atomic E-state index is -1.06. The highest BCUT2D eigenvalue weighted by Crippen LogP contribution is 2.27. The first-order chi connectivity index (χ1) is 9.04. The van der Waals surface area contributed by atoms with Gasteiger partial charge < -0.3 is 9.52 Å². The average molecular weight is 259 g/mol. The third kappa shape index (κ3) is 2.52. The Hall–Kier alpha value is -2.10. The molecule has 0 saturated carbocycles. The topological polar surface area (TPSA) is 63.3 Å². The Bertz CT molecular complexity index is 614. The van der Waals surface area contributed by atoms with Crippen LogP contribution in [0.3, 0.4) is 0 Å². The highest BCUT2D eigenvalue weighted by Gasteiger charge is 2.20. The molecular formula is C15H17NO3. The molecule has 1 N–H and O–H groups in total. The number of aromatic nitrogens is 1. The molecule has 0 spiro atoms. The molecule has 100 valence electrons. The van der Waals surface area contributed by atoms with Crippen molar-refractivity contribution in [1.82, 2.24) is 4.98 Å². The van der Waals surface area contributed by atoms with Crippen LogP contribution in [0.5, 0.6) is 0 Å². The number of carboxylic acid groups (broad SMARTS) is 1. The molecule has 0 atom stereocenters. The molecule has 0 fully saturated rings. The fourth-order valence-electron chi connectivity index (χ4n) is 2.02. The van der Waals surface area contributed by atoms with Gasteiger partial charge in [0.2, 0.25) is 11.7 Å². The quantitative estimate of drug-likeness (QED) is 0.911. The summed E-state index contributed by atoms with van der Waals surface area (Å²) < 4.78 is 5.44. The molecule has 1 heterocycles. The van der Waals surface area contributed by atoms with Gasteiger partial charge in [0.15, 0.2) is 0 Å². The summed E-state index contributed by atoms with van der Waals surface area (Å²) in [7, 11) is 0. The summed E-state index contributed by atoms with van der Waals surface area (Å²) in [6.45, 7) is 5.97. The zero-order chi connectivity index (χ0) is 14.0. The van der Waals surface area contributed by atoms with Crippen LogP contribution in [0.25, 0.3) is 11.5 Å². The van der Waals surface area contributed by atoms with Crippen LogP contribution in [0.4, 0.5) is 0 Å². The van der Waals surface area contributed by atoms with Gasteiger partial charge in [-0.15, -0.1) is 0 Å². The number of hydrogen-bond acceptors (Lipinski definition) is 3. The molecule has 1 aromatic carbocycles. The maximum atomic E-state index is 11.2. The summed E-state index contributed by atoms with van der Waals surface area (Å²) in [5.41, 5.74) is 3.56. The van der Waals surface area contributed by atoms with Crippen molar-refractivity contribution in [3.63, 3.8) is 0 Å². The third-order valence-corrected chi connectivity index (χ3v) is 3.21. The molecule has 0 unspecified atom stereocenters. The van der Waals surface area contributed by atoms with Crippen molar-refractivity contribution in [1.29, 1.82) is 0 Å². The maximum absolute atomic E-state index is 11.2. The Morgan fingerprint density at radius 3 is 2.74 bits per heavy atom. The van der Waals surface area contributed by atoms with Crippen LogP contribution in [0, 0.1) is 13.8 Å². The normalized spacial score (nSPS) is 10.7. The van der Waals surface area contributed by atoms with Crippen molar-refractivity contribution in [3.8, 4) is 11.5 Å². The predicted octanol–water partition coefficient (Wildman–Crippen LogP) is 3.61. The van der Waals surface area contributed by atoms with Crippen molar-refractivity contribution in [2.75, 3.05) is 0 Å². The van der Waals surface area contributed by atoms with Crippen LogP contribution in [-0.4, -0.2) is 16.1 Å². The van der Waals surface area contributed by atoms with E-state index in [0.717, 1.165) is 23.1 Å². The lowest BCUT2D eigenvalue weighted by Gasteiger charge is -2.04. The van der Waals surface area contributed by atoms with Gasteiger partial charge in [0.1, 0.15) is 0 Å². The van der Waals surface area contributed by atoms with Crippen LogP contribution in [-0.2, 0) is 6.42 Å². The Morgan fingerprint density at radius 2 is 2.11 bits per heavy atom. The number of nitrogens with zero attached hydrogens (tertiary/aromatic N) is 1. The minimum Gasteiger partial charge on any atom is -0.475 e. The SMILES string of the molecule is CCCc1nc(-c2cccc(C)c2C)oc1C(=O)O. The molecular weight excluding hydrogens is 242 g/mol. The summed E-state index contributed by atoms with van der Waals surface area (Å²) in [6.07, 6.45) is 1.44. The monoisotopic (exact) mass is 259 g/mol. The van der Waals surface area contributed by atoms with E-state index in [2.05, 4.69) is 4.98 Å². The van der Waals surface area contributed by atoms with Gasteiger partial charge in [-0.1, -0.05) is 25.5 Å². The maximum Gasteiger partial charge on any atom is 0.373 e. The van der Waals surface area contributed by atoms with Gasteiger partial charge in [0, 0.05) is 5.56 Å². The zero-order valence-electron chi connectivity index (χ0n) is 11.4. The highest BCUT2D eigenvalue weighted by atomic mass is 16.4. The summed E-state index contributed by atoms with van der Waals surface area (Å²) in [4.78, 5) is 15.5. The fourth-order valence-corrected chi connectivity index (χ4v) is 2.02. The lowest BCUT2D eigenvalue weighted by atomic mass is 10.0. The van der Waals surface area contributed by atoms with E-state index >= 15 is 0 Å². The van der Waals surface area contributed by atoms with Crippen molar-refractivity contribution in [2.45, 2.75) is 33.6 Å². The lowest BCUT2D eigenvalue weighted by molar-refractivity contribution is 0.0661. The van der Waals surface area contributed by atoms with Crippen molar-refractivity contribution in [2.24, 2.45) is 0 Å². The summed E-state index contributed by atoms with van der Waals surface area (Å²) in [6, 6.07) is 5.82. The van der Waals surface area contributed by atoms with Crippen molar-refractivity contribution in [3.05, 3.63) is 40.8 Å². The van der Waals surface area contributed by atoms with Gasteiger partial charge in [-0.2, -0.15) is 0 Å². The number of hydrogen-bond donors (Lipinski definition) is 1. The largest absolute Gasteiger partial charge is 0.475 e. The smallest absolute Gasteiger partial charge is 0.373 e. The van der Waals surface area contributed by atoms with E-state index in [1.807, 2.05) is 39.0 Å². The Balaban J connectivity index is 2.54. The second-order valence-electron chi connectivity index (χ2n) is 4.60.